The minimum Gasteiger partial charge on any atom is -0.458 e. The van der Waals surface area contributed by atoms with Gasteiger partial charge in [0, 0.05) is 19.5 Å². The van der Waals surface area contributed by atoms with Gasteiger partial charge in [-0.25, -0.2) is 9.59 Å². The van der Waals surface area contributed by atoms with Crippen LogP contribution in [0, 0.1) is 0 Å². The third-order valence-electron chi connectivity index (χ3n) is 3.49. The number of hydrogen-bond acceptors (Lipinski definition) is 5. The zero-order valence-electron chi connectivity index (χ0n) is 16.3. The number of likely N-dealkylation sites (tertiary alicyclic amines) is 1. The second-order valence-corrected chi connectivity index (χ2v) is 8.36. The molecule has 0 radical (unpaired) electrons. The lowest BCUT2D eigenvalue weighted by atomic mass is 10.1. The molecule has 0 aromatic heterocycles. The molecule has 1 fully saturated rings. The van der Waals surface area contributed by atoms with Crippen LogP contribution >= 0.6 is 0 Å². The molecule has 7 heteroatoms. The second kappa shape index (κ2) is 8.54. The Hall–Kier alpha value is -1.79. The van der Waals surface area contributed by atoms with Crippen molar-refractivity contribution >= 4 is 18.0 Å². The van der Waals surface area contributed by atoms with Gasteiger partial charge in [-0.1, -0.05) is 0 Å². The fourth-order valence-corrected chi connectivity index (χ4v) is 2.45. The molecule has 1 saturated heterocycles. The predicted molar refractivity (Wildman–Crippen MR) is 94.1 cm³/mol. The lowest BCUT2D eigenvalue weighted by Gasteiger charge is -2.30. The first-order valence-electron chi connectivity index (χ1n) is 8.87. The summed E-state index contributed by atoms with van der Waals surface area (Å²) in [6.45, 7) is 11.6. The number of nitrogens with one attached hydrogen (secondary N) is 1. The maximum Gasteiger partial charge on any atom is 0.408 e. The summed E-state index contributed by atoms with van der Waals surface area (Å²) in [5.41, 5.74) is -1.32. The van der Waals surface area contributed by atoms with Crippen LogP contribution in [0.4, 0.5) is 4.79 Å². The first kappa shape index (κ1) is 21.3. The largest absolute Gasteiger partial charge is 0.458 e. The van der Waals surface area contributed by atoms with Gasteiger partial charge in [0.2, 0.25) is 5.91 Å². The highest BCUT2D eigenvalue weighted by atomic mass is 16.6. The van der Waals surface area contributed by atoms with Crippen LogP contribution in [0.3, 0.4) is 0 Å². The minimum atomic E-state index is -0.858. The van der Waals surface area contributed by atoms with Crippen molar-refractivity contribution < 1.29 is 23.9 Å². The van der Waals surface area contributed by atoms with E-state index in [4.69, 9.17) is 9.47 Å². The topological polar surface area (TPSA) is 84.9 Å². The van der Waals surface area contributed by atoms with E-state index in [1.54, 1.807) is 46.4 Å². The molecule has 144 valence electrons. The molecule has 1 heterocycles. The highest BCUT2D eigenvalue weighted by Crippen LogP contribution is 2.14. The van der Waals surface area contributed by atoms with Gasteiger partial charge < -0.3 is 19.7 Å². The van der Waals surface area contributed by atoms with E-state index in [-0.39, 0.29) is 5.91 Å². The first-order valence-corrected chi connectivity index (χ1v) is 8.87. The Balaban J connectivity index is 2.71. The summed E-state index contributed by atoms with van der Waals surface area (Å²) < 4.78 is 10.6. The van der Waals surface area contributed by atoms with Gasteiger partial charge in [0.05, 0.1) is 0 Å². The number of hydrogen-bond donors (Lipinski definition) is 1. The van der Waals surface area contributed by atoms with Crippen molar-refractivity contribution in [2.24, 2.45) is 0 Å². The van der Waals surface area contributed by atoms with Crippen LogP contribution in [-0.2, 0) is 19.1 Å². The third-order valence-corrected chi connectivity index (χ3v) is 3.49. The summed E-state index contributed by atoms with van der Waals surface area (Å²) >= 11 is 0. The Morgan fingerprint density at radius 1 is 1.08 bits per heavy atom. The van der Waals surface area contributed by atoms with Crippen molar-refractivity contribution in [1.29, 1.82) is 0 Å². The number of carbonyl (C=O) groups excluding carboxylic acids is 3. The van der Waals surface area contributed by atoms with Crippen LogP contribution in [0.1, 0.15) is 67.2 Å². The monoisotopic (exact) mass is 356 g/mol. The second-order valence-electron chi connectivity index (χ2n) is 8.36. The molecular formula is C18H32N2O5. The summed E-state index contributed by atoms with van der Waals surface area (Å²) in [5.74, 6) is -0.436. The summed E-state index contributed by atoms with van der Waals surface area (Å²) in [5, 5.41) is 2.58. The minimum absolute atomic E-state index is 0.0893. The van der Waals surface area contributed by atoms with Crippen molar-refractivity contribution in [2.75, 3.05) is 13.1 Å². The fraction of sp³-hybridized carbons (Fsp3) is 0.833. The van der Waals surface area contributed by atoms with Crippen LogP contribution < -0.4 is 5.32 Å². The van der Waals surface area contributed by atoms with Crippen molar-refractivity contribution in [3.63, 3.8) is 0 Å². The molecule has 7 nitrogen and oxygen atoms in total. The zero-order valence-corrected chi connectivity index (χ0v) is 16.3. The van der Waals surface area contributed by atoms with Crippen LogP contribution in [0.25, 0.3) is 0 Å². The van der Waals surface area contributed by atoms with Crippen molar-refractivity contribution in [2.45, 2.75) is 84.5 Å². The summed E-state index contributed by atoms with van der Waals surface area (Å²) in [4.78, 5) is 38.1. The number of ether oxygens (including phenoxy) is 2. The molecule has 0 bridgehead atoms. The van der Waals surface area contributed by atoms with Gasteiger partial charge in [-0.15, -0.1) is 0 Å². The van der Waals surface area contributed by atoms with E-state index >= 15 is 0 Å². The number of carbonyl (C=O) groups is 3. The highest BCUT2D eigenvalue weighted by molar-refractivity contribution is 5.82. The summed E-state index contributed by atoms with van der Waals surface area (Å²) in [6, 6.07) is -0.858. The van der Waals surface area contributed by atoms with E-state index in [2.05, 4.69) is 5.32 Å². The maximum absolute atomic E-state index is 12.4. The zero-order chi connectivity index (χ0) is 19.3. The Bertz CT molecular complexity index is 491. The maximum atomic E-state index is 12.4. The molecule has 0 spiro atoms. The molecule has 1 atom stereocenters. The lowest BCUT2D eigenvalue weighted by Crippen LogP contribution is -2.48. The number of esters is 1. The van der Waals surface area contributed by atoms with Crippen LogP contribution in [-0.4, -0.2) is 53.2 Å². The standard InChI is InChI=1S/C18H32N2O5/c1-17(2,3)24-15(22)13(19-16(23)25-18(4,5)6)10-12-20-11-8-7-9-14(20)21/h13H,7-12H2,1-6H3,(H,19,23). The van der Waals surface area contributed by atoms with Crippen LogP contribution in [0.2, 0.25) is 0 Å². The van der Waals surface area contributed by atoms with Gasteiger partial charge in [-0.3, -0.25) is 4.79 Å². The van der Waals surface area contributed by atoms with Crippen LogP contribution in [0.15, 0.2) is 0 Å². The number of alkyl carbamates (subject to hydrolysis) is 1. The van der Waals surface area contributed by atoms with Crippen molar-refractivity contribution in [1.82, 2.24) is 10.2 Å². The summed E-state index contributed by atoms with van der Waals surface area (Å²) in [6.07, 6.45) is 2.02. The van der Waals surface area contributed by atoms with Gasteiger partial charge in [-0.05, 0) is 60.8 Å². The Kier molecular flexibility index (Phi) is 7.26. The van der Waals surface area contributed by atoms with E-state index in [0.717, 1.165) is 12.8 Å². The SMILES string of the molecule is CC(C)(C)OC(=O)NC(CCN1CCCCC1=O)C(=O)OC(C)(C)C. The molecule has 2 amide bonds. The summed E-state index contributed by atoms with van der Waals surface area (Å²) in [7, 11) is 0. The van der Waals surface area contributed by atoms with Gasteiger partial charge in [0.15, 0.2) is 0 Å². The van der Waals surface area contributed by atoms with E-state index in [1.807, 2.05) is 0 Å². The van der Waals surface area contributed by atoms with Gasteiger partial charge >= 0.3 is 12.1 Å². The molecule has 0 saturated carbocycles. The van der Waals surface area contributed by atoms with E-state index in [9.17, 15) is 14.4 Å². The van der Waals surface area contributed by atoms with E-state index < -0.39 is 29.3 Å². The van der Waals surface area contributed by atoms with Crippen molar-refractivity contribution in [3.05, 3.63) is 0 Å². The quantitative estimate of drug-likeness (QED) is 0.766. The third kappa shape index (κ3) is 8.74. The fourth-order valence-electron chi connectivity index (χ4n) is 2.45. The number of rotatable bonds is 5. The van der Waals surface area contributed by atoms with Gasteiger partial charge in [0.25, 0.3) is 0 Å². The normalized spacial score (nSPS) is 17.0. The molecule has 1 aliphatic rings. The predicted octanol–water partition coefficient (Wildman–Crippen LogP) is 2.62. The highest BCUT2D eigenvalue weighted by Gasteiger charge is 2.30. The lowest BCUT2D eigenvalue weighted by molar-refractivity contribution is -0.158. The van der Waals surface area contributed by atoms with E-state index in [0.29, 0.717) is 25.9 Å². The molecular weight excluding hydrogens is 324 g/mol. The molecule has 0 aliphatic carbocycles. The number of nitrogens with zero attached hydrogens (tertiary/aromatic N) is 1. The van der Waals surface area contributed by atoms with Gasteiger partial charge in [0.1, 0.15) is 17.2 Å². The average Bonchev–Trinajstić information content (AvgIpc) is 2.41. The smallest absolute Gasteiger partial charge is 0.408 e. The Morgan fingerprint density at radius 3 is 2.20 bits per heavy atom. The Morgan fingerprint density at radius 2 is 1.68 bits per heavy atom. The Labute approximate surface area is 150 Å². The molecule has 1 rings (SSSR count). The van der Waals surface area contributed by atoms with Gasteiger partial charge in [-0.2, -0.15) is 0 Å². The van der Waals surface area contributed by atoms with Crippen molar-refractivity contribution in [3.8, 4) is 0 Å². The molecule has 1 unspecified atom stereocenters. The molecule has 1 N–H and O–H groups in total. The number of amides is 2. The average molecular weight is 356 g/mol. The molecule has 1 aliphatic heterocycles. The molecule has 0 aromatic rings. The number of piperidine rings is 1. The molecule has 25 heavy (non-hydrogen) atoms. The van der Waals surface area contributed by atoms with E-state index in [1.165, 1.54) is 0 Å². The first-order chi connectivity index (χ1) is 11.4. The van der Waals surface area contributed by atoms with Crippen LogP contribution in [0.5, 0.6) is 0 Å². The molecule has 0 aromatic carbocycles.